The predicted molar refractivity (Wildman–Crippen MR) is 141 cm³/mol. The first-order chi connectivity index (χ1) is 17.1. The van der Waals surface area contributed by atoms with Crippen molar-refractivity contribution < 1.29 is 18.5 Å². The topological polar surface area (TPSA) is 126 Å². The number of anilines is 2. The number of H-pyrrole nitrogens is 1. The SMILES string of the molecule is Cc1cccc(NC(=O)Nc2cccc(Oc3ccnc(-c4cc(C(=O)N=S(C)(C)=O)c[nH]4)c3)c2)c1. The average Bonchev–Trinajstić information content (AvgIpc) is 3.29. The van der Waals surface area contributed by atoms with Gasteiger partial charge in [0.2, 0.25) is 0 Å². The van der Waals surface area contributed by atoms with Gasteiger partial charge < -0.3 is 20.4 Å². The maximum Gasteiger partial charge on any atom is 0.323 e. The Morgan fingerprint density at radius 2 is 1.64 bits per heavy atom. The first-order valence-electron chi connectivity index (χ1n) is 10.9. The molecule has 0 unspecified atom stereocenters. The molecule has 0 saturated heterocycles. The van der Waals surface area contributed by atoms with E-state index in [0.29, 0.717) is 34.3 Å². The summed E-state index contributed by atoms with van der Waals surface area (Å²) in [4.78, 5) is 31.9. The van der Waals surface area contributed by atoms with E-state index in [1.165, 1.54) is 18.7 Å². The van der Waals surface area contributed by atoms with Crippen LogP contribution in [0.3, 0.4) is 0 Å². The molecule has 0 aliphatic carbocycles. The second-order valence-corrected chi connectivity index (χ2v) is 10.9. The minimum absolute atomic E-state index is 0.289. The third-order valence-corrected chi connectivity index (χ3v) is 5.45. The molecule has 3 N–H and O–H groups in total. The van der Waals surface area contributed by atoms with Crippen molar-refractivity contribution in [3.63, 3.8) is 0 Å². The van der Waals surface area contributed by atoms with E-state index >= 15 is 0 Å². The summed E-state index contributed by atoms with van der Waals surface area (Å²) in [6, 6.07) is 19.2. The van der Waals surface area contributed by atoms with E-state index < -0.39 is 15.6 Å². The van der Waals surface area contributed by atoms with Crippen molar-refractivity contribution >= 4 is 33.0 Å². The monoisotopic (exact) mass is 503 g/mol. The van der Waals surface area contributed by atoms with Crippen LogP contribution < -0.4 is 15.4 Å². The van der Waals surface area contributed by atoms with Gasteiger partial charge in [-0.1, -0.05) is 18.2 Å². The molecule has 10 heteroatoms. The molecule has 0 saturated carbocycles. The van der Waals surface area contributed by atoms with E-state index in [4.69, 9.17) is 4.74 Å². The molecule has 0 fully saturated rings. The van der Waals surface area contributed by atoms with Crippen LogP contribution in [0.2, 0.25) is 0 Å². The maximum absolute atomic E-state index is 12.4. The summed E-state index contributed by atoms with van der Waals surface area (Å²) in [6.07, 6.45) is 5.89. The number of urea groups is 1. The van der Waals surface area contributed by atoms with Crippen LogP contribution in [0.15, 0.2) is 83.5 Å². The maximum atomic E-state index is 12.4. The number of amides is 3. The second-order valence-electron chi connectivity index (χ2n) is 8.34. The Balaban J connectivity index is 1.45. The average molecular weight is 504 g/mol. The highest BCUT2D eigenvalue weighted by molar-refractivity contribution is 7.92. The molecule has 2 heterocycles. The van der Waals surface area contributed by atoms with Crippen LogP contribution in [0.4, 0.5) is 16.2 Å². The largest absolute Gasteiger partial charge is 0.457 e. The molecular weight excluding hydrogens is 478 g/mol. The Bertz CT molecular complexity index is 1550. The Morgan fingerprint density at radius 1 is 0.944 bits per heavy atom. The van der Waals surface area contributed by atoms with Gasteiger partial charge >= 0.3 is 6.03 Å². The lowest BCUT2D eigenvalue weighted by molar-refractivity contribution is 0.100. The van der Waals surface area contributed by atoms with Crippen molar-refractivity contribution in [2.75, 3.05) is 23.1 Å². The fraction of sp³-hybridized carbons (Fsp3) is 0.115. The van der Waals surface area contributed by atoms with Crippen LogP contribution in [-0.4, -0.2) is 38.6 Å². The zero-order chi connectivity index (χ0) is 25.7. The summed E-state index contributed by atoms with van der Waals surface area (Å²) >= 11 is 0. The minimum atomic E-state index is -2.55. The van der Waals surface area contributed by atoms with Crippen molar-refractivity contribution in [3.8, 4) is 22.9 Å². The molecule has 4 aromatic rings. The lowest BCUT2D eigenvalue weighted by Crippen LogP contribution is -2.19. The number of hydrogen-bond acceptors (Lipinski definition) is 5. The number of ether oxygens (including phenoxy) is 1. The van der Waals surface area contributed by atoms with Gasteiger partial charge in [0, 0.05) is 58.1 Å². The number of pyridine rings is 1. The molecule has 2 aromatic heterocycles. The molecule has 0 aliphatic rings. The molecule has 0 bridgehead atoms. The van der Waals surface area contributed by atoms with Crippen molar-refractivity contribution in [3.05, 3.63) is 90.3 Å². The van der Waals surface area contributed by atoms with E-state index in [1.54, 1.807) is 48.7 Å². The second kappa shape index (κ2) is 10.4. The Labute approximate surface area is 209 Å². The Hall–Kier alpha value is -4.44. The number of rotatable bonds is 6. The molecule has 3 amide bonds. The van der Waals surface area contributed by atoms with Gasteiger partial charge in [0.05, 0.1) is 17.0 Å². The van der Waals surface area contributed by atoms with Gasteiger partial charge in [0.15, 0.2) is 0 Å². The normalized spacial score (nSPS) is 11.0. The summed E-state index contributed by atoms with van der Waals surface area (Å²) in [5.41, 5.74) is 3.73. The lowest BCUT2D eigenvalue weighted by Gasteiger charge is -2.11. The smallest absolute Gasteiger partial charge is 0.323 e. The number of aromatic amines is 1. The van der Waals surface area contributed by atoms with Crippen LogP contribution in [-0.2, 0) is 9.73 Å². The molecule has 4 rings (SSSR count). The molecule has 184 valence electrons. The Kier molecular flexibility index (Phi) is 7.16. The summed E-state index contributed by atoms with van der Waals surface area (Å²) in [7, 11) is -2.55. The third kappa shape index (κ3) is 6.80. The fourth-order valence-corrected chi connectivity index (χ4v) is 3.83. The van der Waals surface area contributed by atoms with E-state index in [2.05, 4.69) is 25.0 Å². The zero-order valence-corrected chi connectivity index (χ0v) is 20.8. The zero-order valence-electron chi connectivity index (χ0n) is 19.9. The highest BCUT2D eigenvalue weighted by atomic mass is 32.2. The molecular formula is C26H25N5O4S. The fourth-order valence-electron chi connectivity index (χ4n) is 3.33. The standard InChI is InChI=1S/C26H25N5O4S/c1-17-6-4-7-19(12-17)29-26(33)30-20-8-5-9-21(14-20)35-22-10-11-27-24(15-22)23-13-18(16-28-23)25(32)31-36(2,3)34/h4-16,28H,1-3H3,(H2,29,30,33). The molecule has 0 atom stereocenters. The predicted octanol–water partition coefficient (Wildman–Crippen LogP) is 5.69. The van der Waals surface area contributed by atoms with E-state index in [1.807, 2.05) is 31.2 Å². The molecule has 36 heavy (non-hydrogen) atoms. The van der Waals surface area contributed by atoms with Crippen molar-refractivity contribution in [2.45, 2.75) is 6.92 Å². The number of hydrogen-bond donors (Lipinski definition) is 3. The summed E-state index contributed by atoms with van der Waals surface area (Å²) in [6.45, 7) is 1.95. The number of aryl methyl sites for hydroxylation is 1. The number of benzene rings is 2. The highest BCUT2D eigenvalue weighted by Gasteiger charge is 2.12. The first-order valence-corrected chi connectivity index (χ1v) is 13.3. The van der Waals surface area contributed by atoms with Crippen LogP contribution in [0.1, 0.15) is 15.9 Å². The van der Waals surface area contributed by atoms with Crippen LogP contribution in [0.5, 0.6) is 11.5 Å². The van der Waals surface area contributed by atoms with E-state index in [0.717, 1.165) is 5.56 Å². The van der Waals surface area contributed by atoms with Gasteiger partial charge in [-0.3, -0.25) is 9.78 Å². The lowest BCUT2D eigenvalue weighted by atomic mass is 10.2. The molecule has 2 aromatic carbocycles. The number of aromatic nitrogens is 2. The quantitative estimate of drug-likeness (QED) is 0.312. The van der Waals surface area contributed by atoms with Gasteiger partial charge in [0.1, 0.15) is 11.5 Å². The van der Waals surface area contributed by atoms with Crippen LogP contribution in [0, 0.1) is 6.92 Å². The van der Waals surface area contributed by atoms with Gasteiger partial charge in [-0.15, -0.1) is 0 Å². The van der Waals surface area contributed by atoms with Crippen molar-refractivity contribution in [2.24, 2.45) is 4.36 Å². The molecule has 9 nitrogen and oxygen atoms in total. The summed E-state index contributed by atoms with van der Waals surface area (Å²) in [5.74, 6) is 0.469. The van der Waals surface area contributed by atoms with E-state index in [9.17, 15) is 13.8 Å². The van der Waals surface area contributed by atoms with Crippen molar-refractivity contribution in [1.82, 2.24) is 9.97 Å². The van der Waals surface area contributed by atoms with Gasteiger partial charge in [-0.25, -0.2) is 9.00 Å². The van der Waals surface area contributed by atoms with E-state index in [-0.39, 0.29) is 11.6 Å². The number of carbonyl (C=O) groups is 2. The number of nitrogens with one attached hydrogen (secondary N) is 3. The summed E-state index contributed by atoms with van der Waals surface area (Å²) in [5, 5.41) is 5.59. The van der Waals surface area contributed by atoms with Gasteiger partial charge in [0.25, 0.3) is 5.91 Å². The molecule has 0 spiro atoms. The third-order valence-electron chi connectivity index (χ3n) is 4.84. The van der Waals surface area contributed by atoms with Crippen molar-refractivity contribution in [1.29, 1.82) is 0 Å². The van der Waals surface area contributed by atoms with Gasteiger partial charge in [-0.05, 0) is 48.9 Å². The highest BCUT2D eigenvalue weighted by Crippen LogP contribution is 2.27. The first kappa shape index (κ1) is 24.7. The van der Waals surface area contributed by atoms with Crippen LogP contribution in [0.25, 0.3) is 11.4 Å². The molecule has 0 aliphatic heterocycles. The molecule has 0 radical (unpaired) electrons. The van der Waals surface area contributed by atoms with Gasteiger partial charge in [-0.2, -0.15) is 4.36 Å². The summed E-state index contributed by atoms with van der Waals surface area (Å²) < 4.78 is 21.5. The number of carbonyl (C=O) groups excluding carboxylic acids is 2. The van der Waals surface area contributed by atoms with Crippen LogP contribution >= 0.6 is 0 Å². The Morgan fingerprint density at radius 3 is 2.36 bits per heavy atom. The minimum Gasteiger partial charge on any atom is -0.457 e. The number of nitrogens with zero attached hydrogens (tertiary/aromatic N) is 2.